The first-order chi connectivity index (χ1) is 12.4. The van der Waals surface area contributed by atoms with Crippen LogP contribution in [0.25, 0.3) is 0 Å². The van der Waals surface area contributed by atoms with Crippen molar-refractivity contribution in [3.8, 4) is 17.2 Å². The molecule has 2 amide bonds. The number of carbonyl (C=O) groups is 2. The number of nitrogens with one attached hydrogen (secondary N) is 1. The fraction of sp³-hybridized carbons (Fsp3) is 0.353. The highest BCUT2D eigenvalue weighted by Gasteiger charge is 2.23. The third-order valence-corrected chi connectivity index (χ3v) is 3.83. The minimum absolute atomic E-state index is 0.144. The lowest BCUT2D eigenvalue weighted by molar-refractivity contribution is 0.0991. The number of rotatable bonds is 7. The molecule has 2 aromatic rings. The highest BCUT2D eigenvalue weighted by molar-refractivity contribution is 6.09. The Hall–Kier alpha value is -3.23. The Morgan fingerprint density at radius 1 is 1.15 bits per heavy atom. The normalized spacial score (nSPS) is 10.3. The van der Waals surface area contributed by atoms with E-state index in [2.05, 4.69) is 10.4 Å². The van der Waals surface area contributed by atoms with Crippen molar-refractivity contribution in [3.63, 3.8) is 0 Å². The first-order valence-corrected chi connectivity index (χ1v) is 7.86. The van der Waals surface area contributed by atoms with Crippen LogP contribution in [0.2, 0.25) is 0 Å². The number of aryl methyl sites for hydroxylation is 2. The third-order valence-electron chi connectivity index (χ3n) is 3.83. The van der Waals surface area contributed by atoms with Gasteiger partial charge in [0, 0.05) is 12.1 Å². The van der Waals surface area contributed by atoms with E-state index in [4.69, 9.17) is 19.9 Å². The molecular formula is C17H22N4O5. The topological polar surface area (TPSA) is 118 Å². The van der Waals surface area contributed by atoms with Gasteiger partial charge in [-0.15, -0.1) is 0 Å². The van der Waals surface area contributed by atoms with Gasteiger partial charge in [-0.05, 0) is 26.0 Å². The molecule has 140 valence electrons. The summed E-state index contributed by atoms with van der Waals surface area (Å²) in [5, 5.41) is 6.92. The van der Waals surface area contributed by atoms with E-state index in [1.165, 1.54) is 38.1 Å². The van der Waals surface area contributed by atoms with Crippen LogP contribution in [0.15, 0.2) is 12.1 Å². The predicted molar refractivity (Wildman–Crippen MR) is 95.2 cm³/mol. The van der Waals surface area contributed by atoms with Gasteiger partial charge in [0.1, 0.15) is 5.69 Å². The third kappa shape index (κ3) is 3.41. The zero-order valence-electron chi connectivity index (χ0n) is 15.4. The lowest BCUT2D eigenvalue weighted by Gasteiger charge is -2.14. The molecule has 1 heterocycles. The van der Waals surface area contributed by atoms with E-state index in [1.54, 1.807) is 6.92 Å². The number of benzene rings is 1. The molecule has 0 radical (unpaired) electrons. The first kappa shape index (κ1) is 19.1. The summed E-state index contributed by atoms with van der Waals surface area (Å²) in [6.45, 7) is 3.95. The predicted octanol–water partition coefficient (Wildman–Crippen LogP) is 1.59. The van der Waals surface area contributed by atoms with Crippen LogP contribution in [0, 0.1) is 6.92 Å². The molecule has 0 atom stereocenters. The largest absolute Gasteiger partial charge is 0.493 e. The smallest absolute Gasteiger partial charge is 0.269 e. The summed E-state index contributed by atoms with van der Waals surface area (Å²) in [6.07, 6.45) is 0. The molecule has 1 aromatic heterocycles. The van der Waals surface area contributed by atoms with Gasteiger partial charge in [0.15, 0.2) is 11.5 Å². The number of anilines is 1. The van der Waals surface area contributed by atoms with Gasteiger partial charge in [-0.25, -0.2) is 0 Å². The number of nitrogens with two attached hydrogens (primary N) is 1. The van der Waals surface area contributed by atoms with Gasteiger partial charge < -0.3 is 25.3 Å². The van der Waals surface area contributed by atoms with Gasteiger partial charge in [0.05, 0.1) is 32.7 Å². The summed E-state index contributed by atoms with van der Waals surface area (Å²) in [6, 6.07) is 3.03. The fourth-order valence-electron chi connectivity index (χ4n) is 2.61. The summed E-state index contributed by atoms with van der Waals surface area (Å²) in [7, 11) is 4.39. The maximum absolute atomic E-state index is 12.7. The second-order valence-electron chi connectivity index (χ2n) is 5.36. The highest BCUT2D eigenvalue weighted by Crippen LogP contribution is 2.38. The van der Waals surface area contributed by atoms with Gasteiger partial charge in [-0.2, -0.15) is 5.10 Å². The molecule has 0 aliphatic rings. The Kier molecular flexibility index (Phi) is 5.71. The Bertz CT molecular complexity index is 819. The van der Waals surface area contributed by atoms with E-state index in [9.17, 15) is 9.59 Å². The molecule has 26 heavy (non-hydrogen) atoms. The van der Waals surface area contributed by atoms with Crippen molar-refractivity contribution in [2.24, 2.45) is 5.73 Å². The summed E-state index contributed by atoms with van der Waals surface area (Å²) in [5.41, 5.74) is 6.61. The van der Waals surface area contributed by atoms with Crippen LogP contribution in [0.3, 0.4) is 0 Å². The molecule has 0 bridgehead atoms. The van der Waals surface area contributed by atoms with Gasteiger partial charge in [0.2, 0.25) is 5.75 Å². The number of nitrogens with zero attached hydrogens (tertiary/aromatic N) is 2. The second-order valence-corrected chi connectivity index (χ2v) is 5.36. The number of methoxy groups -OCH3 is 3. The van der Waals surface area contributed by atoms with Crippen LogP contribution in [0.4, 0.5) is 5.69 Å². The Morgan fingerprint density at radius 3 is 2.15 bits per heavy atom. The molecule has 3 N–H and O–H groups in total. The molecule has 0 aliphatic carbocycles. The van der Waals surface area contributed by atoms with Crippen molar-refractivity contribution in [1.82, 2.24) is 9.78 Å². The van der Waals surface area contributed by atoms with Gasteiger partial charge in [0.25, 0.3) is 11.8 Å². The molecule has 9 nitrogen and oxygen atoms in total. The minimum atomic E-state index is -0.673. The van der Waals surface area contributed by atoms with Crippen LogP contribution < -0.4 is 25.3 Å². The standard InChI is InChI=1S/C17H22N4O5/c1-6-21-14(16(18)22)13(9(2)20-21)19-17(23)10-7-11(24-3)15(26-5)12(8-10)25-4/h7-8H,6H2,1-5H3,(H2,18,22)(H,19,23). The molecule has 0 saturated heterocycles. The number of carbonyl (C=O) groups excluding carboxylic acids is 2. The van der Waals surface area contributed by atoms with Crippen LogP contribution in [-0.4, -0.2) is 42.9 Å². The number of aromatic nitrogens is 2. The zero-order valence-corrected chi connectivity index (χ0v) is 15.4. The molecule has 0 saturated carbocycles. The SMILES string of the molecule is CCn1nc(C)c(NC(=O)c2cc(OC)c(OC)c(OC)c2)c1C(N)=O. The van der Waals surface area contributed by atoms with Crippen molar-refractivity contribution in [2.75, 3.05) is 26.6 Å². The Labute approximate surface area is 151 Å². The maximum atomic E-state index is 12.7. The average Bonchev–Trinajstić information content (AvgIpc) is 2.95. The number of hydrogen-bond acceptors (Lipinski definition) is 6. The van der Waals surface area contributed by atoms with Crippen molar-refractivity contribution >= 4 is 17.5 Å². The van der Waals surface area contributed by atoms with Crippen molar-refractivity contribution in [3.05, 3.63) is 29.1 Å². The maximum Gasteiger partial charge on any atom is 0.269 e. The van der Waals surface area contributed by atoms with E-state index in [1.807, 2.05) is 6.92 Å². The molecular weight excluding hydrogens is 340 g/mol. The van der Waals surface area contributed by atoms with E-state index in [0.717, 1.165) is 0 Å². The van der Waals surface area contributed by atoms with Crippen LogP contribution in [0.5, 0.6) is 17.2 Å². The molecule has 9 heteroatoms. The van der Waals surface area contributed by atoms with Gasteiger partial charge in [-0.3, -0.25) is 14.3 Å². The number of primary amides is 1. The van der Waals surface area contributed by atoms with Gasteiger partial charge >= 0.3 is 0 Å². The highest BCUT2D eigenvalue weighted by atomic mass is 16.5. The van der Waals surface area contributed by atoms with Gasteiger partial charge in [-0.1, -0.05) is 0 Å². The summed E-state index contributed by atoms with van der Waals surface area (Å²) >= 11 is 0. The summed E-state index contributed by atoms with van der Waals surface area (Å²) in [4.78, 5) is 24.5. The molecule has 0 spiro atoms. The molecule has 0 fully saturated rings. The second kappa shape index (κ2) is 7.77. The molecule has 0 aliphatic heterocycles. The minimum Gasteiger partial charge on any atom is -0.493 e. The zero-order chi connectivity index (χ0) is 19.4. The van der Waals surface area contributed by atoms with E-state index < -0.39 is 11.8 Å². The van der Waals surface area contributed by atoms with Crippen LogP contribution >= 0.6 is 0 Å². The first-order valence-electron chi connectivity index (χ1n) is 7.86. The van der Waals surface area contributed by atoms with Crippen molar-refractivity contribution < 1.29 is 23.8 Å². The monoisotopic (exact) mass is 362 g/mol. The summed E-state index contributed by atoms with van der Waals surface area (Å²) in [5.74, 6) is -0.0845. The Balaban J connectivity index is 2.46. The van der Waals surface area contributed by atoms with Crippen LogP contribution in [-0.2, 0) is 6.54 Å². The average molecular weight is 362 g/mol. The van der Waals surface area contributed by atoms with Crippen LogP contribution in [0.1, 0.15) is 33.5 Å². The van der Waals surface area contributed by atoms with E-state index >= 15 is 0 Å². The summed E-state index contributed by atoms with van der Waals surface area (Å²) < 4.78 is 17.2. The van der Waals surface area contributed by atoms with E-state index in [-0.39, 0.29) is 16.9 Å². The number of hydrogen-bond donors (Lipinski definition) is 2. The number of ether oxygens (including phenoxy) is 3. The van der Waals surface area contributed by atoms with Crippen molar-refractivity contribution in [2.45, 2.75) is 20.4 Å². The fourth-order valence-corrected chi connectivity index (χ4v) is 2.61. The molecule has 2 rings (SSSR count). The lowest BCUT2D eigenvalue weighted by Crippen LogP contribution is -2.21. The quantitative estimate of drug-likeness (QED) is 0.772. The molecule has 1 aromatic carbocycles. The number of amides is 2. The van der Waals surface area contributed by atoms with E-state index in [0.29, 0.717) is 29.5 Å². The van der Waals surface area contributed by atoms with Crippen molar-refractivity contribution in [1.29, 1.82) is 0 Å². The molecule has 0 unspecified atom stereocenters. The Morgan fingerprint density at radius 2 is 1.73 bits per heavy atom. The lowest BCUT2D eigenvalue weighted by atomic mass is 10.1.